The van der Waals surface area contributed by atoms with Crippen LogP contribution in [-0.4, -0.2) is 75.0 Å². The van der Waals surface area contributed by atoms with Crippen molar-refractivity contribution in [3.05, 3.63) is 91.4 Å². The van der Waals surface area contributed by atoms with Crippen LogP contribution in [-0.2, 0) is 16.0 Å². The van der Waals surface area contributed by atoms with Gasteiger partial charge in [0.2, 0.25) is 0 Å². The molecule has 48 heavy (non-hydrogen) atoms. The Labute approximate surface area is 285 Å². The van der Waals surface area contributed by atoms with Gasteiger partial charge in [-0.15, -0.1) is 16.8 Å². The van der Waals surface area contributed by atoms with E-state index in [1.165, 1.54) is 31.2 Å². The fourth-order valence-electron chi connectivity index (χ4n) is 7.65. The van der Waals surface area contributed by atoms with E-state index < -0.39 is 0 Å². The minimum Gasteiger partial charge on any atom is -0.508 e. The van der Waals surface area contributed by atoms with Gasteiger partial charge in [-0.3, -0.25) is 4.79 Å². The van der Waals surface area contributed by atoms with Crippen molar-refractivity contribution in [2.45, 2.75) is 76.7 Å². The summed E-state index contributed by atoms with van der Waals surface area (Å²) < 4.78 is 5.26. The molecule has 1 aliphatic heterocycles. The van der Waals surface area contributed by atoms with Crippen LogP contribution in [0.15, 0.2) is 74.3 Å². The van der Waals surface area contributed by atoms with E-state index >= 15 is 0 Å². The Kier molecular flexibility index (Phi) is 11.8. The summed E-state index contributed by atoms with van der Waals surface area (Å²) in [5.74, 6) is 1.57. The quantitative estimate of drug-likeness (QED) is 0.103. The van der Waals surface area contributed by atoms with E-state index in [-0.39, 0.29) is 23.5 Å². The molecule has 3 fully saturated rings. The van der Waals surface area contributed by atoms with Crippen LogP contribution >= 0.6 is 0 Å². The van der Waals surface area contributed by atoms with Crippen LogP contribution in [0.4, 0.5) is 11.5 Å². The van der Waals surface area contributed by atoms with Gasteiger partial charge in [-0.05, 0) is 100 Å². The average molecular weight is 654 g/mol. The molecule has 256 valence electrons. The number of aromatic nitrogens is 4. The van der Waals surface area contributed by atoms with Crippen molar-refractivity contribution in [2.75, 3.05) is 43.4 Å². The lowest BCUT2D eigenvalue weighted by molar-refractivity contribution is -0.151. The normalized spacial score (nSPS) is 23.5. The van der Waals surface area contributed by atoms with E-state index in [2.05, 4.69) is 57.0 Å². The van der Waals surface area contributed by atoms with E-state index in [0.717, 1.165) is 44.6 Å². The molecule has 1 saturated heterocycles. The van der Waals surface area contributed by atoms with Crippen molar-refractivity contribution in [2.24, 2.45) is 11.3 Å². The molecule has 3 aliphatic rings. The Morgan fingerprint density at radius 3 is 2.44 bits per heavy atom. The highest BCUT2D eigenvalue weighted by molar-refractivity contribution is 5.78. The molecule has 10 heteroatoms. The summed E-state index contributed by atoms with van der Waals surface area (Å²) in [4.78, 5) is 26.2. The summed E-state index contributed by atoms with van der Waals surface area (Å²) in [7, 11) is 0. The van der Waals surface area contributed by atoms with Gasteiger partial charge in [0.1, 0.15) is 11.6 Å². The third-order valence-electron chi connectivity index (χ3n) is 10.4. The lowest BCUT2D eigenvalue weighted by Gasteiger charge is -2.55. The number of nitrogens with zero attached hydrogens (tertiary/aromatic N) is 6. The largest absolute Gasteiger partial charge is 0.508 e. The van der Waals surface area contributed by atoms with Gasteiger partial charge in [-0.2, -0.15) is 0 Å². The Balaban J connectivity index is 1.07. The molecule has 3 heterocycles. The number of ether oxygens (including phenoxy) is 1. The molecule has 1 spiro atoms. The second kappa shape index (κ2) is 16.2. The first-order valence-electron chi connectivity index (χ1n) is 17.3. The number of nitrogens with two attached hydrogens (primary N) is 1. The zero-order valence-corrected chi connectivity index (χ0v) is 28.4. The number of aliphatic hydroxyl groups excluding tert-OH is 1. The van der Waals surface area contributed by atoms with E-state index in [0.29, 0.717) is 60.4 Å². The number of carbonyl (C=O) groups excluding carboxylic acids is 1. The standard InChI is InChI=1S/C38H51N7O3/c1-5-10-32(27(4)46)33-22-34(36(39)43-42-33)45(18-6-2)19-9-8-11-35-40-25-30(26-41-35)28-14-20-44(21-15-28)31-23-38(24-31)16-12-29(13-17-38)37(47)48-7-3/h5-6,8-10,22,25-26,28-29,31,46H,1-2,4,7,11-21,23-24H2,3H3,(H2,39,43)/b9-8-,32-10+. The van der Waals surface area contributed by atoms with Crippen molar-refractivity contribution < 1.29 is 14.6 Å². The van der Waals surface area contributed by atoms with Crippen molar-refractivity contribution in [1.82, 2.24) is 25.1 Å². The van der Waals surface area contributed by atoms with E-state index in [4.69, 9.17) is 10.5 Å². The molecule has 0 bridgehead atoms. The molecule has 0 unspecified atom stereocenters. The lowest BCUT2D eigenvalue weighted by atomic mass is 9.56. The topological polar surface area (TPSA) is 131 Å². The summed E-state index contributed by atoms with van der Waals surface area (Å²) >= 11 is 0. The number of hydrogen-bond acceptors (Lipinski definition) is 10. The Hall–Kier alpha value is -4.31. The Morgan fingerprint density at radius 2 is 1.81 bits per heavy atom. The second-order valence-corrected chi connectivity index (χ2v) is 13.5. The highest BCUT2D eigenvalue weighted by Gasteiger charge is 2.49. The van der Waals surface area contributed by atoms with Crippen molar-refractivity contribution in [1.29, 1.82) is 0 Å². The molecule has 0 atom stereocenters. The summed E-state index contributed by atoms with van der Waals surface area (Å²) in [6.45, 7) is 16.9. The number of esters is 1. The highest BCUT2D eigenvalue weighted by atomic mass is 16.5. The van der Waals surface area contributed by atoms with Crippen molar-refractivity contribution in [3.63, 3.8) is 0 Å². The molecule has 0 radical (unpaired) electrons. The molecule has 0 aromatic carbocycles. The van der Waals surface area contributed by atoms with Crippen LogP contribution in [0.2, 0.25) is 0 Å². The molecule has 2 aromatic heterocycles. The van der Waals surface area contributed by atoms with Crippen LogP contribution in [0, 0.1) is 11.3 Å². The fraction of sp³-hybridized carbons (Fsp3) is 0.500. The fourth-order valence-corrected chi connectivity index (χ4v) is 7.65. The average Bonchev–Trinajstić information content (AvgIpc) is 3.08. The van der Waals surface area contributed by atoms with E-state index in [9.17, 15) is 9.90 Å². The number of aliphatic hydroxyl groups is 1. The van der Waals surface area contributed by atoms with E-state index in [1.807, 2.05) is 24.2 Å². The van der Waals surface area contributed by atoms with Gasteiger partial charge in [-0.25, -0.2) is 9.97 Å². The first-order valence-corrected chi connectivity index (χ1v) is 17.3. The zero-order chi connectivity index (χ0) is 34.1. The summed E-state index contributed by atoms with van der Waals surface area (Å²) in [6.07, 6.45) is 22.9. The highest BCUT2D eigenvalue weighted by Crippen LogP contribution is 2.55. The number of anilines is 2. The lowest BCUT2D eigenvalue weighted by Crippen LogP contribution is -2.54. The number of piperidine rings is 1. The number of hydrogen-bond donors (Lipinski definition) is 2. The minimum atomic E-state index is -0.124. The molecule has 0 amide bonds. The number of likely N-dealkylation sites (tertiary alicyclic amines) is 1. The van der Waals surface area contributed by atoms with Crippen molar-refractivity contribution >= 4 is 23.0 Å². The SMILES string of the molecule is C=C/C=C(\C(=C)O)c1cc(N(CC=C)C/C=C\Cc2ncc(C3CCN(C4CC5(CCC(C(=O)OCC)CC5)C4)CC3)cn2)c(N)nn1. The van der Waals surface area contributed by atoms with Gasteiger partial charge in [-0.1, -0.05) is 37.5 Å². The molecule has 5 rings (SSSR count). The van der Waals surface area contributed by atoms with Crippen LogP contribution < -0.4 is 10.6 Å². The van der Waals surface area contributed by atoms with E-state index in [1.54, 1.807) is 24.3 Å². The molecule has 2 saturated carbocycles. The summed E-state index contributed by atoms with van der Waals surface area (Å²) in [5, 5.41) is 18.2. The van der Waals surface area contributed by atoms with Gasteiger partial charge < -0.3 is 25.4 Å². The monoisotopic (exact) mass is 653 g/mol. The molecular weight excluding hydrogens is 602 g/mol. The predicted octanol–water partition coefficient (Wildman–Crippen LogP) is 6.36. The van der Waals surface area contributed by atoms with Crippen LogP contribution in [0.1, 0.15) is 81.3 Å². The Morgan fingerprint density at radius 1 is 1.10 bits per heavy atom. The third kappa shape index (κ3) is 8.39. The maximum atomic E-state index is 12.1. The van der Waals surface area contributed by atoms with Gasteiger partial charge in [0.25, 0.3) is 0 Å². The summed E-state index contributed by atoms with van der Waals surface area (Å²) in [5.41, 5.74) is 9.44. The minimum absolute atomic E-state index is 0.00816. The third-order valence-corrected chi connectivity index (χ3v) is 10.4. The zero-order valence-electron chi connectivity index (χ0n) is 28.4. The second-order valence-electron chi connectivity index (χ2n) is 13.5. The van der Waals surface area contributed by atoms with Gasteiger partial charge in [0.05, 0.1) is 23.9 Å². The van der Waals surface area contributed by atoms with Gasteiger partial charge in [0, 0.05) is 43.5 Å². The first kappa shape index (κ1) is 35.0. The number of allylic oxidation sites excluding steroid dienone is 4. The molecule has 2 aliphatic carbocycles. The smallest absolute Gasteiger partial charge is 0.308 e. The van der Waals surface area contributed by atoms with Gasteiger partial charge in [0.15, 0.2) is 5.82 Å². The van der Waals surface area contributed by atoms with Crippen LogP contribution in [0.25, 0.3) is 5.57 Å². The molecule has 2 aromatic rings. The number of nitrogen functional groups attached to an aromatic ring is 1. The predicted molar refractivity (Wildman–Crippen MR) is 191 cm³/mol. The molecule has 3 N–H and O–H groups in total. The first-order chi connectivity index (χ1) is 23.3. The van der Waals surface area contributed by atoms with Gasteiger partial charge >= 0.3 is 5.97 Å². The Bertz CT molecular complexity index is 1490. The number of carbonyl (C=O) groups is 1. The molecule has 10 nitrogen and oxygen atoms in total. The maximum Gasteiger partial charge on any atom is 0.308 e. The van der Waals surface area contributed by atoms with Crippen LogP contribution in [0.5, 0.6) is 0 Å². The van der Waals surface area contributed by atoms with Crippen LogP contribution in [0.3, 0.4) is 0 Å². The molecular formula is C38H51N7O3. The summed E-state index contributed by atoms with van der Waals surface area (Å²) in [6, 6.07) is 2.48. The van der Waals surface area contributed by atoms with Crippen molar-refractivity contribution in [3.8, 4) is 0 Å². The number of rotatable bonds is 14. The maximum absolute atomic E-state index is 12.1.